The smallest absolute Gasteiger partial charge is 0.345 e. The number of carboxylic acids is 1. The molecule has 1 heterocycles. The molecule has 2 N–H and O–H groups in total. The Hall–Kier alpha value is -2.54. The highest BCUT2D eigenvalue weighted by Gasteiger charge is 2.19. The molecule has 0 bridgehead atoms. The van der Waals surface area contributed by atoms with E-state index in [1.165, 1.54) is 6.07 Å². The van der Waals surface area contributed by atoms with E-state index in [0.29, 0.717) is 21.9 Å². The van der Waals surface area contributed by atoms with E-state index in [-0.39, 0.29) is 16.8 Å². The summed E-state index contributed by atoms with van der Waals surface area (Å²) < 4.78 is 10.5. The van der Waals surface area contributed by atoms with E-state index in [1.807, 2.05) is 13.0 Å². The first-order valence-corrected chi connectivity index (χ1v) is 8.05. The number of carboxylic acid groups (broad SMARTS) is 1. The SMILES string of the molecule is COc1ccc([C@@H](C)NC(=O)c2cc(C(=O)O)sc2C)cc1OC. The molecule has 1 aromatic heterocycles. The summed E-state index contributed by atoms with van der Waals surface area (Å²) in [5, 5.41) is 11.9. The highest BCUT2D eigenvalue weighted by molar-refractivity contribution is 7.14. The standard InChI is InChI=1S/C17H19NO5S/c1-9(11-5-6-13(22-3)14(7-11)23-4)18-16(19)12-8-15(17(20)21)24-10(12)2/h5-9H,1-4H3,(H,18,19)(H,20,21)/t9-/m1/s1. The summed E-state index contributed by atoms with van der Waals surface area (Å²) >= 11 is 1.09. The summed E-state index contributed by atoms with van der Waals surface area (Å²) in [7, 11) is 3.11. The van der Waals surface area contributed by atoms with Crippen molar-refractivity contribution in [3.8, 4) is 11.5 Å². The van der Waals surface area contributed by atoms with Crippen LogP contribution in [-0.4, -0.2) is 31.2 Å². The molecule has 0 aliphatic heterocycles. The van der Waals surface area contributed by atoms with Gasteiger partial charge in [0.25, 0.3) is 5.91 Å². The minimum absolute atomic E-state index is 0.149. The number of nitrogens with one attached hydrogen (secondary N) is 1. The lowest BCUT2D eigenvalue weighted by molar-refractivity contribution is 0.0702. The molecule has 0 fully saturated rings. The number of aromatic carboxylic acids is 1. The van der Waals surface area contributed by atoms with Gasteiger partial charge in [-0.05, 0) is 37.6 Å². The van der Waals surface area contributed by atoms with Crippen molar-refractivity contribution in [3.63, 3.8) is 0 Å². The van der Waals surface area contributed by atoms with Crippen molar-refractivity contribution in [1.29, 1.82) is 0 Å². The van der Waals surface area contributed by atoms with E-state index in [2.05, 4.69) is 5.32 Å². The maximum atomic E-state index is 12.4. The number of rotatable bonds is 6. The van der Waals surface area contributed by atoms with Crippen LogP contribution in [0.2, 0.25) is 0 Å². The molecule has 7 heteroatoms. The van der Waals surface area contributed by atoms with Crippen LogP contribution in [0.4, 0.5) is 0 Å². The number of benzene rings is 1. The Morgan fingerprint density at radius 3 is 2.38 bits per heavy atom. The van der Waals surface area contributed by atoms with Crippen LogP contribution in [0.3, 0.4) is 0 Å². The fourth-order valence-corrected chi connectivity index (χ4v) is 3.15. The molecule has 24 heavy (non-hydrogen) atoms. The van der Waals surface area contributed by atoms with Crippen molar-refractivity contribution in [2.45, 2.75) is 19.9 Å². The summed E-state index contributed by atoms with van der Waals surface area (Å²) in [6, 6.07) is 6.54. The normalized spacial score (nSPS) is 11.7. The average molecular weight is 349 g/mol. The van der Waals surface area contributed by atoms with Gasteiger partial charge in [0, 0.05) is 4.88 Å². The van der Waals surface area contributed by atoms with E-state index in [4.69, 9.17) is 14.6 Å². The fraction of sp³-hybridized carbons (Fsp3) is 0.294. The molecule has 1 atom stereocenters. The van der Waals surface area contributed by atoms with E-state index < -0.39 is 5.97 Å². The molecule has 0 aliphatic carbocycles. The third-order valence-corrected chi connectivity index (χ3v) is 4.67. The summed E-state index contributed by atoms with van der Waals surface area (Å²) in [6.07, 6.45) is 0. The van der Waals surface area contributed by atoms with E-state index >= 15 is 0 Å². The first-order chi connectivity index (χ1) is 11.4. The second kappa shape index (κ2) is 7.35. The summed E-state index contributed by atoms with van der Waals surface area (Å²) in [5.41, 5.74) is 1.23. The third-order valence-electron chi connectivity index (χ3n) is 3.63. The van der Waals surface area contributed by atoms with Gasteiger partial charge in [0.05, 0.1) is 25.8 Å². The molecule has 2 rings (SSSR count). The number of hydrogen-bond donors (Lipinski definition) is 2. The van der Waals surface area contributed by atoms with Crippen LogP contribution < -0.4 is 14.8 Å². The van der Waals surface area contributed by atoms with Crippen LogP contribution in [0, 0.1) is 6.92 Å². The van der Waals surface area contributed by atoms with Crippen molar-refractivity contribution in [1.82, 2.24) is 5.32 Å². The van der Waals surface area contributed by atoms with Crippen LogP contribution in [0.1, 0.15) is 43.4 Å². The van der Waals surface area contributed by atoms with Crippen molar-refractivity contribution in [2.75, 3.05) is 14.2 Å². The lowest BCUT2D eigenvalue weighted by atomic mass is 10.1. The molecule has 128 valence electrons. The average Bonchev–Trinajstić information content (AvgIpc) is 2.96. The lowest BCUT2D eigenvalue weighted by Gasteiger charge is -2.16. The molecule has 6 nitrogen and oxygen atoms in total. The topological polar surface area (TPSA) is 84.9 Å². The van der Waals surface area contributed by atoms with Gasteiger partial charge in [-0.3, -0.25) is 4.79 Å². The number of aryl methyl sites for hydroxylation is 1. The Kier molecular flexibility index (Phi) is 5.46. The number of hydrogen-bond acceptors (Lipinski definition) is 5. The molecule has 0 aliphatic rings. The van der Waals surface area contributed by atoms with Crippen molar-refractivity contribution in [2.24, 2.45) is 0 Å². The molecule has 1 aromatic carbocycles. The van der Waals surface area contributed by atoms with Crippen LogP contribution >= 0.6 is 11.3 Å². The second-order valence-corrected chi connectivity index (χ2v) is 6.45. The zero-order valence-electron chi connectivity index (χ0n) is 13.9. The fourth-order valence-electron chi connectivity index (χ4n) is 2.29. The van der Waals surface area contributed by atoms with Crippen molar-refractivity contribution in [3.05, 3.63) is 45.1 Å². The lowest BCUT2D eigenvalue weighted by Crippen LogP contribution is -2.26. The third kappa shape index (κ3) is 3.68. The predicted octanol–water partition coefficient (Wildman–Crippen LogP) is 3.26. The maximum Gasteiger partial charge on any atom is 0.345 e. The van der Waals surface area contributed by atoms with Crippen molar-refractivity contribution < 1.29 is 24.2 Å². The molecule has 0 spiro atoms. The molecule has 1 amide bonds. The van der Waals surface area contributed by atoms with Crippen LogP contribution in [0.5, 0.6) is 11.5 Å². The second-order valence-electron chi connectivity index (χ2n) is 5.20. The summed E-state index contributed by atoms with van der Waals surface area (Å²) in [4.78, 5) is 24.2. The van der Waals surface area contributed by atoms with Gasteiger partial charge in [0.2, 0.25) is 0 Å². The zero-order chi connectivity index (χ0) is 17.9. The molecule has 0 saturated carbocycles. The predicted molar refractivity (Wildman–Crippen MR) is 91.4 cm³/mol. The first-order valence-electron chi connectivity index (χ1n) is 7.23. The van der Waals surface area contributed by atoms with Gasteiger partial charge in [-0.25, -0.2) is 4.79 Å². The summed E-state index contributed by atoms with van der Waals surface area (Å²) in [5.74, 6) is -0.149. The van der Waals surface area contributed by atoms with Crippen molar-refractivity contribution >= 4 is 23.2 Å². The Morgan fingerprint density at radius 2 is 1.83 bits per heavy atom. The molecular formula is C17H19NO5S. The minimum atomic E-state index is -1.03. The number of carbonyl (C=O) groups excluding carboxylic acids is 1. The van der Waals surface area contributed by atoms with Gasteiger partial charge in [-0.15, -0.1) is 11.3 Å². The van der Waals surface area contributed by atoms with Crippen LogP contribution in [-0.2, 0) is 0 Å². The van der Waals surface area contributed by atoms with Gasteiger partial charge in [0.15, 0.2) is 11.5 Å². The van der Waals surface area contributed by atoms with Gasteiger partial charge >= 0.3 is 5.97 Å². The largest absolute Gasteiger partial charge is 0.493 e. The number of ether oxygens (including phenoxy) is 2. The Balaban J connectivity index is 2.18. The molecule has 0 radical (unpaired) electrons. The minimum Gasteiger partial charge on any atom is -0.493 e. The summed E-state index contributed by atoms with van der Waals surface area (Å²) in [6.45, 7) is 3.58. The monoisotopic (exact) mass is 349 g/mol. The molecular weight excluding hydrogens is 330 g/mol. The van der Waals surface area contributed by atoms with Gasteiger partial charge in [0.1, 0.15) is 4.88 Å². The molecule has 2 aromatic rings. The highest BCUT2D eigenvalue weighted by Crippen LogP contribution is 2.30. The zero-order valence-corrected chi connectivity index (χ0v) is 14.7. The van der Waals surface area contributed by atoms with Crippen LogP contribution in [0.25, 0.3) is 0 Å². The van der Waals surface area contributed by atoms with E-state index in [1.54, 1.807) is 33.3 Å². The molecule has 0 saturated heterocycles. The highest BCUT2D eigenvalue weighted by atomic mass is 32.1. The van der Waals surface area contributed by atoms with Gasteiger partial charge < -0.3 is 19.9 Å². The van der Waals surface area contributed by atoms with E-state index in [0.717, 1.165) is 16.9 Å². The first kappa shape index (κ1) is 17.8. The number of amides is 1. The van der Waals surface area contributed by atoms with Gasteiger partial charge in [-0.2, -0.15) is 0 Å². The number of carbonyl (C=O) groups is 2. The quantitative estimate of drug-likeness (QED) is 0.836. The van der Waals surface area contributed by atoms with Gasteiger partial charge in [-0.1, -0.05) is 6.07 Å². The Bertz CT molecular complexity index is 768. The van der Waals surface area contributed by atoms with E-state index in [9.17, 15) is 9.59 Å². The molecule has 0 unspecified atom stereocenters. The maximum absolute atomic E-state index is 12.4. The Labute approximate surface area is 144 Å². The Morgan fingerprint density at radius 1 is 1.17 bits per heavy atom. The van der Waals surface area contributed by atoms with Crippen LogP contribution in [0.15, 0.2) is 24.3 Å². The number of thiophene rings is 1. The number of methoxy groups -OCH3 is 2.